The van der Waals surface area contributed by atoms with E-state index in [1.165, 1.54) is 0 Å². The third-order valence-corrected chi connectivity index (χ3v) is 2.16. The van der Waals surface area contributed by atoms with Crippen molar-refractivity contribution in [2.75, 3.05) is 0 Å². The molecule has 2 rings (SSSR count). The number of hydrogen-bond acceptors (Lipinski definition) is 2. The molecule has 1 N–H and O–H groups in total. The number of H-pyrrole nitrogens is 1. The van der Waals surface area contributed by atoms with E-state index < -0.39 is 0 Å². The number of benzene rings is 1. The van der Waals surface area contributed by atoms with Gasteiger partial charge in [-0.05, 0) is 19.1 Å². The predicted octanol–water partition coefficient (Wildman–Crippen LogP) is 1.88. The molecular formula is C9H7ClN2O. The number of aromatic nitrogens is 2. The topological polar surface area (TPSA) is 45.8 Å². The minimum atomic E-state index is -0.194. The maximum Gasteiger partial charge on any atom is 0.269 e. The van der Waals surface area contributed by atoms with Gasteiger partial charge in [-0.1, -0.05) is 17.7 Å². The van der Waals surface area contributed by atoms with Gasteiger partial charge in [0.2, 0.25) is 0 Å². The van der Waals surface area contributed by atoms with Crippen LogP contribution in [-0.2, 0) is 0 Å². The molecule has 0 atom stereocenters. The maximum absolute atomic E-state index is 11.2. The van der Waals surface area contributed by atoms with Crippen LogP contribution in [-0.4, -0.2) is 9.97 Å². The van der Waals surface area contributed by atoms with Crippen molar-refractivity contribution in [3.05, 3.63) is 39.3 Å². The molecule has 0 aliphatic rings. The van der Waals surface area contributed by atoms with Crippen LogP contribution in [0.2, 0.25) is 5.02 Å². The van der Waals surface area contributed by atoms with Crippen LogP contribution in [0.4, 0.5) is 0 Å². The summed E-state index contributed by atoms with van der Waals surface area (Å²) in [6, 6.07) is 5.33. The van der Waals surface area contributed by atoms with Crippen LogP contribution in [0.15, 0.2) is 23.0 Å². The van der Waals surface area contributed by atoms with Crippen molar-refractivity contribution in [1.82, 2.24) is 9.97 Å². The molecule has 0 amide bonds. The summed E-state index contributed by atoms with van der Waals surface area (Å²) >= 11 is 5.87. The van der Waals surface area contributed by atoms with Crippen LogP contribution in [0, 0.1) is 6.92 Å². The minimum Gasteiger partial charge on any atom is -0.318 e. The van der Waals surface area contributed by atoms with Gasteiger partial charge < -0.3 is 4.98 Å². The quantitative estimate of drug-likeness (QED) is 0.696. The predicted molar refractivity (Wildman–Crippen MR) is 52.1 cm³/mol. The van der Waals surface area contributed by atoms with E-state index >= 15 is 0 Å². The molecular weight excluding hydrogens is 188 g/mol. The molecule has 0 aliphatic carbocycles. The molecule has 0 spiro atoms. The van der Waals surface area contributed by atoms with E-state index in [0.717, 1.165) is 0 Å². The van der Waals surface area contributed by atoms with E-state index in [-0.39, 0.29) is 5.56 Å². The van der Waals surface area contributed by atoms with Crippen molar-refractivity contribution in [3.63, 3.8) is 0 Å². The second kappa shape index (κ2) is 2.85. The lowest BCUT2D eigenvalue weighted by atomic mass is 10.3. The number of rotatable bonds is 0. The SMILES string of the molecule is Cc1nc2cccc(Cl)c2[nH]c1=O. The van der Waals surface area contributed by atoms with Crippen molar-refractivity contribution in [1.29, 1.82) is 0 Å². The van der Waals surface area contributed by atoms with Gasteiger partial charge in [-0.25, -0.2) is 4.98 Å². The van der Waals surface area contributed by atoms with E-state index in [9.17, 15) is 4.79 Å². The number of fused-ring (bicyclic) bond motifs is 1. The van der Waals surface area contributed by atoms with Crippen LogP contribution in [0.5, 0.6) is 0 Å². The highest BCUT2D eigenvalue weighted by Gasteiger charge is 2.02. The van der Waals surface area contributed by atoms with Gasteiger partial charge in [0.1, 0.15) is 5.69 Å². The summed E-state index contributed by atoms with van der Waals surface area (Å²) in [6.07, 6.45) is 0. The van der Waals surface area contributed by atoms with Crippen LogP contribution in [0.1, 0.15) is 5.69 Å². The van der Waals surface area contributed by atoms with Crippen LogP contribution >= 0.6 is 11.6 Å². The molecule has 2 aromatic rings. The van der Waals surface area contributed by atoms with Gasteiger partial charge in [0, 0.05) is 0 Å². The molecule has 0 saturated carbocycles. The van der Waals surface area contributed by atoms with Gasteiger partial charge in [-0.2, -0.15) is 0 Å². The fourth-order valence-electron chi connectivity index (χ4n) is 1.17. The Morgan fingerprint density at radius 3 is 3.00 bits per heavy atom. The second-order valence-electron chi connectivity index (χ2n) is 2.79. The average molecular weight is 195 g/mol. The highest BCUT2D eigenvalue weighted by Crippen LogP contribution is 2.17. The summed E-state index contributed by atoms with van der Waals surface area (Å²) in [5.41, 5.74) is 1.57. The largest absolute Gasteiger partial charge is 0.318 e. The fraction of sp³-hybridized carbons (Fsp3) is 0.111. The zero-order valence-electron chi connectivity index (χ0n) is 6.97. The molecule has 0 bridgehead atoms. The number of halogens is 1. The Hall–Kier alpha value is -1.35. The molecule has 4 heteroatoms. The smallest absolute Gasteiger partial charge is 0.269 e. The zero-order valence-corrected chi connectivity index (χ0v) is 7.72. The van der Waals surface area contributed by atoms with Gasteiger partial charge in [0.05, 0.1) is 16.1 Å². The van der Waals surface area contributed by atoms with E-state index in [1.54, 1.807) is 19.1 Å². The Labute approximate surface area is 79.4 Å². The highest BCUT2D eigenvalue weighted by molar-refractivity contribution is 6.34. The molecule has 13 heavy (non-hydrogen) atoms. The standard InChI is InChI=1S/C9H7ClN2O/c1-5-9(13)12-8-6(10)3-2-4-7(8)11-5/h2-4H,1H3,(H,12,13). The number of nitrogens with one attached hydrogen (secondary N) is 1. The van der Waals surface area contributed by atoms with Crippen molar-refractivity contribution in [3.8, 4) is 0 Å². The molecule has 0 aliphatic heterocycles. The summed E-state index contributed by atoms with van der Waals surface area (Å²) in [6.45, 7) is 1.67. The molecule has 0 radical (unpaired) electrons. The van der Waals surface area contributed by atoms with E-state index in [1.807, 2.05) is 6.07 Å². The maximum atomic E-state index is 11.2. The summed E-state index contributed by atoms with van der Waals surface area (Å²) in [7, 11) is 0. The van der Waals surface area contributed by atoms with Gasteiger partial charge >= 0.3 is 0 Å². The first-order valence-corrected chi connectivity index (χ1v) is 4.21. The Kier molecular flexibility index (Phi) is 1.81. The minimum absolute atomic E-state index is 0.194. The average Bonchev–Trinajstić information content (AvgIpc) is 2.09. The number of hydrogen-bond donors (Lipinski definition) is 1. The van der Waals surface area contributed by atoms with Crippen molar-refractivity contribution in [2.24, 2.45) is 0 Å². The molecule has 3 nitrogen and oxygen atoms in total. The summed E-state index contributed by atoms with van der Waals surface area (Å²) in [5, 5.41) is 0.516. The summed E-state index contributed by atoms with van der Waals surface area (Å²) < 4.78 is 0. The Morgan fingerprint density at radius 1 is 1.46 bits per heavy atom. The van der Waals surface area contributed by atoms with Gasteiger partial charge in [0.15, 0.2) is 0 Å². The molecule has 0 unspecified atom stereocenters. The molecule has 0 saturated heterocycles. The zero-order chi connectivity index (χ0) is 9.42. The summed E-state index contributed by atoms with van der Waals surface area (Å²) in [4.78, 5) is 18.0. The lowest BCUT2D eigenvalue weighted by molar-refractivity contribution is 1.12. The normalized spacial score (nSPS) is 10.6. The first-order valence-electron chi connectivity index (χ1n) is 3.83. The van der Waals surface area contributed by atoms with Crippen molar-refractivity contribution >= 4 is 22.6 Å². The van der Waals surface area contributed by atoms with Crippen LogP contribution < -0.4 is 5.56 Å². The molecule has 66 valence electrons. The number of aromatic amines is 1. The first kappa shape index (κ1) is 8.26. The van der Waals surface area contributed by atoms with Gasteiger partial charge in [-0.3, -0.25) is 4.79 Å². The molecule has 1 aromatic carbocycles. The number of aryl methyl sites for hydroxylation is 1. The second-order valence-corrected chi connectivity index (χ2v) is 3.19. The van der Waals surface area contributed by atoms with Crippen LogP contribution in [0.3, 0.4) is 0 Å². The Balaban J connectivity index is 2.97. The molecule has 1 aromatic heterocycles. The number of nitrogens with zero attached hydrogens (tertiary/aromatic N) is 1. The Morgan fingerprint density at radius 2 is 2.23 bits per heavy atom. The highest BCUT2D eigenvalue weighted by atomic mass is 35.5. The van der Waals surface area contributed by atoms with Crippen molar-refractivity contribution < 1.29 is 0 Å². The van der Waals surface area contributed by atoms with E-state index in [4.69, 9.17) is 11.6 Å². The van der Waals surface area contributed by atoms with E-state index in [2.05, 4.69) is 9.97 Å². The lowest BCUT2D eigenvalue weighted by Crippen LogP contribution is -2.11. The summed E-state index contributed by atoms with van der Waals surface area (Å²) in [5.74, 6) is 0. The molecule has 0 fully saturated rings. The lowest BCUT2D eigenvalue weighted by Gasteiger charge is -1.99. The molecule has 1 heterocycles. The third kappa shape index (κ3) is 1.31. The Bertz CT molecular complexity index is 518. The van der Waals surface area contributed by atoms with Crippen LogP contribution in [0.25, 0.3) is 11.0 Å². The number of para-hydroxylation sites is 1. The first-order chi connectivity index (χ1) is 6.18. The monoisotopic (exact) mass is 194 g/mol. The van der Waals surface area contributed by atoms with Gasteiger partial charge in [0.25, 0.3) is 5.56 Å². The fourth-order valence-corrected chi connectivity index (χ4v) is 1.38. The van der Waals surface area contributed by atoms with E-state index in [0.29, 0.717) is 21.7 Å². The third-order valence-electron chi connectivity index (χ3n) is 1.85. The van der Waals surface area contributed by atoms with Crippen molar-refractivity contribution in [2.45, 2.75) is 6.92 Å². The van der Waals surface area contributed by atoms with Gasteiger partial charge in [-0.15, -0.1) is 0 Å².